The monoisotopic (exact) mass is 445 g/mol. The molecule has 1 aromatic heterocycles. The Hall–Kier alpha value is -3.04. The number of benzene rings is 2. The van der Waals surface area contributed by atoms with Crippen molar-refractivity contribution in [3.63, 3.8) is 0 Å². The Kier molecular flexibility index (Phi) is 7.31. The van der Waals surface area contributed by atoms with Crippen LogP contribution in [0.25, 0.3) is 0 Å². The van der Waals surface area contributed by atoms with Crippen LogP contribution in [0.1, 0.15) is 22.8 Å². The third-order valence-electron chi connectivity index (χ3n) is 4.04. The molecule has 0 aliphatic carbocycles. The number of hydrogen-bond donors (Lipinski definition) is 2. The first-order valence-electron chi connectivity index (χ1n) is 9.10. The summed E-state index contributed by atoms with van der Waals surface area (Å²) in [6.07, 6.45) is 0. The fourth-order valence-corrected chi connectivity index (χ4v) is 3.79. The highest BCUT2D eigenvalue weighted by atomic mass is 35.5. The van der Waals surface area contributed by atoms with Gasteiger partial charge in [0.05, 0.1) is 12.2 Å². The molecule has 0 aliphatic heterocycles. The summed E-state index contributed by atoms with van der Waals surface area (Å²) in [5.41, 5.74) is 7.79. The second-order valence-electron chi connectivity index (χ2n) is 6.15. The van der Waals surface area contributed by atoms with E-state index in [2.05, 4.69) is 15.5 Å². The number of amides is 1. The van der Waals surface area contributed by atoms with Gasteiger partial charge in [-0.3, -0.25) is 9.36 Å². The minimum atomic E-state index is -0.409. The van der Waals surface area contributed by atoms with Crippen LogP contribution in [0.4, 0.5) is 11.6 Å². The van der Waals surface area contributed by atoms with E-state index in [1.54, 1.807) is 31.2 Å². The summed E-state index contributed by atoms with van der Waals surface area (Å²) in [5.74, 6) is -0.00311. The van der Waals surface area contributed by atoms with Crippen LogP contribution in [0.2, 0.25) is 5.02 Å². The molecule has 0 saturated heterocycles. The molecule has 1 amide bonds. The summed E-state index contributed by atoms with van der Waals surface area (Å²) in [6.45, 7) is 1.99. The number of rotatable bonds is 8. The van der Waals surface area contributed by atoms with E-state index in [9.17, 15) is 9.59 Å². The van der Waals surface area contributed by atoms with E-state index in [0.29, 0.717) is 33.8 Å². The molecule has 0 radical (unpaired) electrons. The number of nitrogens with zero attached hydrogens (tertiary/aromatic N) is 3. The quantitative estimate of drug-likeness (QED) is 0.402. The van der Waals surface area contributed by atoms with Gasteiger partial charge < -0.3 is 15.8 Å². The number of hydrogen-bond acceptors (Lipinski definition) is 7. The average molecular weight is 446 g/mol. The van der Waals surface area contributed by atoms with E-state index in [1.165, 1.54) is 16.3 Å². The zero-order valence-electron chi connectivity index (χ0n) is 16.2. The molecule has 0 spiro atoms. The minimum Gasteiger partial charge on any atom is -0.462 e. The third-order valence-corrected chi connectivity index (χ3v) is 5.43. The second kappa shape index (κ2) is 10.1. The highest BCUT2D eigenvalue weighted by Crippen LogP contribution is 2.26. The van der Waals surface area contributed by atoms with Crippen LogP contribution in [-0.2, 0) is 21.8 Å². The van der Waals surface area contributed by atoms with E-state index in [1.807, 2.05) is 24.3 Å². The zero-order chi connectivity index (χ0) is 21.5. The van der Waals surface area contributed by atoms with E-state index >= 15 is 0 Å². The SMILES string of the molecule is CCOC(=O)c1ccc(NC(=O)Cn2c(N)nnc2SCc2ccccc2Cl)cc1. The first-order valence-corrected chi connectivity index (χ1v) is 10.5. The number of aromatic nitrogens is 3. The van der Waals surface area contributed by atoms with Crippen LogP contribution >= 0.6 is 23.4 Å². The predicted octanol–water partition coefficient (Wildman–Crippen LogP) is 3.62. The Morgan fingerprint density at radius 1 is 1.17 bits per heavy atom. The van der Waals surface area contributed by atoms with E-state index in [-0.39, 0.29) is 18.4 Å². The number of nitrogens with two attached hydrogens (primary N) is 1. The van der Waals surface area contributed by atoms with Crippen LogP contribution in [0.3, 0.4) is 0 Å². The minimum absolute atomic E-state index is 0.0523. The normalized spacial score (nSPS) is 10.6. The molecule has 0 unspecified atom stereocenters. The number of esters is 1. The number of nitrogen functional groups attached to an aromatic ring is 1. The Morgan fingerprint density at radius 3 is 2.60 bits per heavy atom. The molecule has 3 N–H and O–H groups in total. The summed E-state index contributed by atoms with van der Waals surface area (Å²) >= 11 is 7.57. The summed E-state index contributed by atoms with van der Waals surface area (Å²) in [6, 6.07) is 13.9. The Labute approximate surface area is 182 Å². The molecule has 3 aromatic rings. The third kappa shape index (κ3) is 5.52. The molecule has 0 saturated carbocycles. The van der Waals surface area contributed by atoms with Crippen molar-refractivity contribution in [1.82, 2.24) is 14.8 Å². The lowest BCUT2D eigenvalue weighted by Crippen LogP contribution is -2.20. The summed E-state index contributed by atoms with van der Waals surface area (Å²) < 4.78 is 6.47. The zero-order valence-corrected chi connectivity index (χ0v) is 17.7. The van der Waals surface area contributed by atoms with E-state index < -0.39 is 5.97 Å². The number of carbonyl (C=O) groups excluding carboxylic acids is 2. The summed E-state index contributed by atoms with van der Waals surface area (Å²) in [4.78, 5) is 24.2. The van der Waals surface area contributed by atoms with Crippen LogP contribution in [0.15, 0.2) is 53.7 Å². The smallest absolute Gasteiger partial charge is 0.338 e. The molecule has 0 aliphatic rings. The number of nitrogens with one attached hydrogen (secondary N) is 1. The number of ether oxygens (including phenoxy) is 1. The summed E-state index contributed by atoms with van der Waals surface area (Å²) in [7, 11) is 0. The highest BCUT2D eigenvalue weighted by molar-refractivity contribution is 7.98. The standard InChI is InChI=1S/C20H20ClN5O3S/c1-2-29-18(28)13-7-9-15(10-8-13)23-17(27)11-26-19(22)24-25-20(26)30-12-14-5-3-4-6-16(14)21/h3-10H,2,11-12H2,1H3,(H2,22,24)(H,23,27). The highest BCUT2D eigenvalue weighted by Gasteiger charge is 2.15. The van der Waals surface area contributed by atoms with Gasteiger partial charge in [-0.25, -0.2) is 4.79 Å². The van der Waals surface area contributed by atoms with Gasteiger partial charge in [0.1, 0.15) is 6.54 Å². The van der Waals surface area contributed by atoms with Gasteiger partial charge in [0.2, 0.25) is 11.9 Å². The molecule has 0 bridgehead atoms. The van der Waals surface area contributed by atoms with Crippen LogP contribution in [0.5, 0.6) is 0 Å². The molecule has 156 valence electrons. The topological polar surface area (TPSA) is 112 Å². The first-order chi connectivity index (χ1) is 14.5. The maximum absolute atomic E-state index is 12.5. The molecule has 30 heavy (non-hydrogen) atoms. The first kappa shape index (κ1) is 21.7. The number of anilines is 2. The number of carbonyl (C=O) groups is 2. The molecule has 10 heteroatoms. The lowest BCUT2D eigenvalue weighted by molar-refractivity contribution is -0.116. The Bertz CT molecular complexity index is 1040. The second-order valence-corrected chi connectivity index (χ2v) is 7.50. The van der Waals surface area contributed by atoms with Gasteiger partial charge in [-0.2, -0.15) is 0 Å². The molecular formula is C20H20ClN5O3S. The van der Waals surface area contributed by atoms with Crippen molar-refractivity contribution in [3.05, 3.63) is 64.7 Å². The molecule has 1 heterocycles. The molecule has 0 fully saturated rings. The van der Waals surface area contributed by atoms with Crippen molar-refractivity contribution in [2.45, 2.75) is 24.4 Å². The van der Waals surface area contributed by atoms with Crippen molar-refractivity contribution in [1.29, 1.82) is 0 Å². The Balaban J connectivity index is 1.62. The fourth-order valence-electron chi connectivity index (χ4n) is 2.56. The molecule has 2 aromatic carbocycles. The maximum atomic E-state index is 12.5. The van der Waals surface area contributed by atoms with Crippen molar-refractivity contribution < 1.29 is 14.3 Å². The van der Waals surface area contributed by atoms with Gasteiger partial charge >= 0.3 is 5.97 Å². The lowest BCUT2D eigenvalue weighted by atomic mass is 10.2. The summed E-state index contributed by atoms with van der Waals surface area (Å²) in [5, 5.41) is 11.8. The van der Waals surface area contributed by atoms with Crippen LogP contribution in [0, 0.1) is 0 Å². The van der Waals surface area contributed by atoms with Crippen molar-refractivity contribution in [3.8, 4) is 0 Å². The van der Waals surface area contributed by atoms with Crippen molar-refractivity contribution in [2.75, 3.05) is 17.7 Å². The number of halogens is 1. The lowest BCUT2D eigenvalue weighted by Gasteiger charge is -2.10. The van der Waals surface area contributed by atoms with Gasteiger partial charge in [0, 0.05) is 16.5 Å². The van der Waals surface area contributed by atoms with Gasteiger partial charge in [0.15, 0.2) is 5.16 Å². The van der Waals surface area contributed by atoms with Crippen LogP contribution in [-0.4, -0.2) is 33.2 Å². The van der Waals surface area contributed by atoms with Gasteiger partial charge in [-0.1, -0.05) is 41.6 Å². The van der Waals surface area contributed by atoms with Crippen LogP contribution < -0.4 is 11.1 Å². The maximum Gasteiger partial charge on any atom is 0.338 e. The van der Waals surface area contributed by atoms with E-state index in [0.717, 1.165) is 5.56 Å². The van der Waals surface area contributed by atoms with Gasteiger partial charge in [-0.15, -0.1) is 10.2 Å². The predicted molar refractivity (Wildman–Crippen MR) is 116 cm³/mol. The molecule has 0 atom stereocenters. The molecule has 3 rings (SSSR count). The number of thioether (sulfide) groups is 1. The van der Waals surface area contributed by atoms with Gasteiger partial charge in [0.25, 0.3) is 0 Å². The van der Waals surface area contributed by atoms with Crippen molar-refractivity contribution in [2.24, 2.45) is 0 Å². The fraction of sp³-hybridized carbons (Fsp3) is 0.200. The Morgan fingerprint density at radius 2 is 1.90 bits per heavy atom. The van der Waals surface area contributed by atoms with Gasteiger partial charge in [-0.05, 0) is 42.8 Å². The molecular weight excluding hydrogens is 426 g/mol. The largest absolute Gasteiger partial charge is 0.462 e. The van der Waals surface area contributed by atoms with E-state index in [4.69, 9.17) is 22.1 Å². The molecule has 8 nitrogen and oxygen atoms in total. The van der Waals surface area contributed by atoms with Crippen molar-refractivity contribution >= 4 is 46.9 Å². The average Bonchev–Trinajstić information content (AvgIpc) is 3.07.